The first-order chi connectivity index (χ1) is 10.2. The maximum absolute atomic E-state index is 12.1. The number of hydrogen-bond acceptors (Lipinski definition) is 4. The number of imide groups is 1. The van der Waals surface area contributed by atoms with Crippen LogP contribution < -0.4 is 4.74 Å². The van der Waals surface area contributed by atoms with E-state index in [4.69, 9.17) is 4.74 Å². The third-order valence-corrected chi connectivity index (χ3v) is 3.35. The molecule has 2 aromatic rings. The molecule has 2 amide bonds. The first-order valence-corrected chi connectivity index (χ1v) is 6.51. The summed E-state index contributed by atoms with van der Waals surface area (Å²) in [5.74, 6) is -0.298. The zero-order valence-electron chi connectivity index (χ0n) is 11.0. The molecule has 1 aliphatic heterocycles. The van der Waals surface area contributed by atoms with Crippen LogP contribution in [0.5, 0.6) is 5.75 Å². The summed E-state index contributed by atoms with van der Waals surface area (Å²) in [7, 11) is 0. The Morgan fingerprint density at radius 1 is 1.00 bits per heavy atom. The average Bonchev–Trinajstić information content (AvgIpc) is 2.53. The third-order valence-electron chi connectivity index (χ3n) is 3.35. The van der Waals surface area contributed by atoms with Gasteiger partial charge in [0.25, 0.3) is 5.91 Å². The van der Waals surface area contributed by atoms with E-state index in [1.54, 1.807) is 54.6 Å². The van der Waals surface area contributed by atoms with E-state index in [9.17, 15) is 14.7 Å². The Hall–Kier alpha value is -2.66. The number of ether oxygens (including phenoxy) is 1. The van der Waals surface area contributed by atoms with Gasteiger partial charge in [0.2, 0.25) is 0 Å². The van der Waals surface area contributed by atoms with Gasteiger partial charge in [-0.3, -0.25) is 4.79 Å². The summed E-state index contributed by atoms with van der Waals surface area (Å²) >= 11 is 0. The predicted octanol–water partition coefficient (Wildman–Crippen LogP) is 2.13. The first kappa shape index (κ1) is 13.3. The van der Waals surface area contributed by atoms with E-state index < -0.39 is 24.1 Å². The maximum Gasteiger partial charge on any atom is 0.422 e. The molecule has 0 spiro atoms. The minimum Gasteiger partial charge on any atom is -0.410 e. The SMILES string of the molecule is O=C(Oc1ccccc1)N1C(=O)[C@H](O)[C@@H]1c1ccccc1. The molecule has 1 saturated heterocycles. The highest BCUT2D eigenvalue weighted by atomic mass is 16.6. The van der Waals surface area contributed by atoms with Crippen molar-refractivity contribution in [2.75, 3.05) is 0 Å². The molecular weight excluding hydrogens is 270 g/mol. The van der Waals surface area contributed by atoms with Gasteiger partial charge >= 0.3 is 6.09 Å². The van der Waals surface area contributed by atoms with Crippen molar-refractivity contribution in [3.63, 3.8) is 0 Å². The number of para-hydroxylation sites is 1. The van der Waals surface area contributed by atoms with Crippen LogP contribution in [0.25, 0.3) is 0 Å². The molecule has 3 rings (SSSR count). The highest BCUT2D eigenvalue weighted by Crippen LogP contribution is 2.35. The Kier molecular flexibility index (Phi) is 3.41. The molecule has 5 heteroatoms. The lowest BCUT2D eigenvalue weighted by Gasteiger charge is -2.41. The van der Waals surface area contributed by atoms with Crippen molar-refractivity contribution in [3.05, 3.63) is 66.2 Å². The average molecular weight is 283 g/mol. The van der Waals surface area contributed by atoms with Crippen LogP contribution in [0.2, 0.25) is 0 Å². The Bertz CT molecular complexity index is 656. The molecular formula is C16H13NO4. The zero-order valence-corrected chi connectivity index (χ0v) is 11.0. The largest absolute Gasteiger partial charge is 0.422 e. The number of benzene rings is 2. The lowest BCUT2D eigenvalue weighted by atomic mass is 9.91. The van der Waals surface area contributed by atoms with Gasteiger partial charge in [-0.2, -0.15) is 0 Å². The van der Waals surface area contributed by atoms with E-state index in [0.29, 0.717) is 11.3 Å². The van der Waals surface area contributed by atoms with Crippen LogP contribution >= 0.6 is 0 Å². The molecule has 0 aromatic heterocycles. The topological polar surface area (TPSA) is 66.8 Å². The molecule has 0 unspecified atom stereocenters. The lowest BCUT2D eigenvalue weighted by molar-refractivity contribution is -0.161. The van der Waals surface area contributed by atoms with Crippen LogP contribution in [0.3, 0.4) is 0 Å². The molecule has 0 bridgehead atoms. The summed E-state index contributed by atoms with van der Waals surface area (Å²) in [5, 5.41) is 9.82. The molecule has 0 aliphatic carbocycles. The van der Waals surface area contributed by atoms with Gasteiger partial charge in [0, 0.05) is 0 Å². The normalized spacial score (nSPS) is 20.8. The van der Waals surface area contributed by atoms with Crippen LogP contribution in [-0.4, -0.2) is 28.1 Å². The number of carbonyl (C=O) groups excluding carboxylic acids is 2. The summed E-state index contributed by atoms with van der Waals surface area (Å²) in [6.45, 7) is 0. The van der Waals surface area contributed by atoms with Gasteiger partial charge in [-0.05, 0) is 17.7 Å². The molecule has 5 nitrogen and oxygen atoms in total. The van der Waals surface area contributed by atoms with E-state index >= 15 is 0 Å². The fourth-order valence-corrected chi connectivity index (χ4v) is 2.30. The van der Waals surface area contributed by atoms with E-state index in [1.165, 1.54) is 0 Å². The van der Waals surface area contributed by atoms with Crippen molar-refractivity contribution >= 4 is 12.0 Å². The number of aliphatic hydroxyl groups excluding tert-OH is 1. The predicted molar refractivity (Wildman–Crippen MR) is 74.5 cm³/mol. The summed E-state index contributed by atoms with van der Waals surface area (Å²) in [5.41, 5.74) is 0.689. The Morgan fingerprint density at radius 3 is 2.19 bits per heavy atom. The molecule has 0 saturated carbocycles. The number of nitrogens with zero attached hydrogens (tertiary/aromatic N) is 1. The van der Waals surface area contributed by atoms with Crippen molar-refractivity contribution in [1.82, 2.24) is 4.90 Å². The quantitative estimate of drug-likeness (QED) is 0.857. The number of carbonyl (C=O) groups is 2. The molecule has 21 heavy (non-hydrogen) atoms. The number of β-lactam (4-membered cyclic amide) rings is 1. The van der Waals surface area contributed by atoms with Gasteiger partial charge in [-0.25, -0.2) is 9.69 Å². The van der Waals surface area contributed by atoms with Crippen molar-refractivity contribution in [2.24, 2.45) is 0 Å². The Labute approximate surface area is 121 Å². The molecule has 1 aliphatic rings. The molecule has 1 fully saturated rings. The fourth-order valence-electron chi connectivity index (χ4n) is 2.30. The second kappa shape index (κ2) is 5.38. The number of rotatable bonds is 2. The van der Waals surface area contributed by atoms with Crippen molar-refractivity contribution < 1.29 is 19.4 Å². The van der Waals surface area contributed by atoms with Gasteiger partial charge in [-0.1, -0.05) is 48.5 Å². The fraction of sp³-hybridized carbons (Fsp3) is 0.125. The summed E-state index contributed by atoms with van der Waals surface area (Å²) in [6.07, 6.45) is -2.00. The zero-order chi connectivity index (χ0) is 14.8. The summed E-state index contributed by atoms with van der Waals surface area (Å²) in [6, 6.07) is 16.7. The van der Waals surface area contributed by atoms with Crippen LogP contribution in [0.15, 0.2) is 60.7 Å². The van der Waals surface area contributed by atoms with Crippen LogP contribution in [0, 0.1) is 0 Å². The monoisotopic (exact) mass is 283 g/mol. The number of likely N-dealkylation sites (tertiary alicyclic amines) is 1. The first-order valence-electron chi connectivity index (χ1n) is 6.51. The number of amides is 2. The van der Waals surface area contributed by atoms with E-state index in [2.05, 4.69) is 0 Å². The third kappa shape index (κ3) is 2.39. The van der Waals surface area contributed by atoms with Crippen molar-refractivity contribution in [1.29, 1.82) is 0 Å². The van der Waals surface area contributed by atoms with Crippen LogP contribution in [-0.2, 0) is 4.79 Å². The van der Waals surface area contributed by atoms with Gasteiger partial charge in [0.05, 0.1) is 0 Å². The summed E-state index contributed by atoms with van der Waals surface area (Å²) in [4.78, 5) is 24.8. The van der Waals surface area contributed by atoms with E-state index in [1.807, 2.05) is 6.07 Å². The van der Waals surface area contributed by atoms with Crippen LogP contribution in [0.4, 0.5) is 4.79 Å². The smallest absolute Gasteiger partial charge is 0.410 e. The molecule has 0 radical (unpaired) electrons. The molecule has 2 aromatic carbocycles. The van der Waals surface area contributed by atoms with Gasteiger partial charge in [0.15, 0.2) is 6.10 Å². The minimum absolute atomic E-state index is 0.350. The second-order valence-corrected chi connectivity index (χ2v) is 4.69. The molecule has 2 atom stereocenters. The van der Waals surface area contributed by atoms with Gasteiger partial charge in [-0.15, -0.1) is 0 Å². The maximum atomic E-state index is 12.1. The standard InChI is InChI=1S/C16H13NO4/c18-14-13(11-7-3-1-4-8-11)17(15(14)19)16(20)21-12-9-5-2-6-10-12/h1-10,13-14,18H/t13-,14+/m0/s1. The lowest BCUT2D eigenvalue weighted by Crippen LogP contribution is -2.61. The number of aliphatic hydroxyl groups is 1. The van der Waals surface area contributed by atoms with Gasteiger partial charge < -0.3 is 9.84 Å². The minimum atomic E-state index is -1.21. The highest BCUT2D eigenvalue weighted by molar-refractivity contribution is 6.01. The highest BCUT2D eigenvalue weighted by Gasteiger charge is 2.51. The van der Waals surface area contributed by atoms with E-state index in [0.717, 1.165) is 4.90 Å². The molecule has 106 valence electrons. The van der Waals surface area contributed by atoms with Gasteiger partial charge in [0.1, 0.15) is 11.8 Å². The second-order valence-electron chi connectivity index (χ2n) is 4.69. The number of hydrogen-bond donors (Lipinski definition) is 1. The van der Waals surface area contributed by atoms with Crippen LogP contribution in [0.1, 0.15) is 11.6 Å². The molecule has 1 N–H and O–H groups in total. The summed E-state index contributed by atoms with van der Waals surface area (Å²) < 4.78 is 5.14. The van der Waals surface area contributed by atoms with Crippen molar-refractivity contribution in [3.8, 4) is 5.75 Å². The van der Waals surface area contributed by atoms with E-state index in [-0.39, 0.29) is 0 Å². The Morgan fingerprint density at radius 2 is 1.57 bits per heavy atom. The Balaban J connectivity index is 1.80. The van der Waals surface area contributed by atoms with Crippen molar-refractivity contribution in [2.45, 2.75) is 12.1 Å². The molecule has 1 heterocycles.